The number of isocyanates is 1. The van der Waals surface area contributed by atoms with Gasteiger partial charge in [-0.3, -0.25) is 0 Å². The van der Waals surface area contributed by atoms with Gasteiger partial charge < -0.3 is 14.2 Å². The molecular weight excluding hydrogens is 222 g/mol. The van der Waals surface area contributed by atoms with E-state index in [1.165, 1.54) is 13.2 Å². The van der Waals surface area contributed by atoms with E-state index in [0.717, 1.165) is 6.42 Å². The molecule has 0 aromatic heterocycles. The molecule has 0 N–H and O–H groups in total. The summed E-state index contributed by atoms with van der Waals surface area (Å²) < 4.78 is 16.2. The summed E-state index contributed by atoms with van der Waals surface area (Å²) in [5.41, 5.74) is 0.416. The van der Waals surface area contributed by atoms with E-state index in [1.807, 2.05) is 0 Å². The third-order valence-corrected chi connectivity index (χ3v) is 2.51. The predicted octanol–water partition coefficient (Wildman–Crippen LogP) is 1.83. The van der Waals surface area contributed by atoms with Crippen LogP contribution in [0.2, 0.25) is 0 Å². The summed E-state index contributed by atoms with van der Waals surface area (Å²) in [6.45, 7) is 1.28. The van der Waals surface area contributed by atoms with Crippen molar-refractivity contribution < 1.29 is 19.0 Å². The number of ether oxygens (including phenoxy) is 3. The molecule has 1 saturated heterocycles. The van der Waals surface area contributed by atoms with E-state index in [2.05, 4.69) is 4.99 Å². The lowest BCUT2D eigenvalue weighted by Gasteiger charge is -2.15. The lowest BCUT2D eigenvalue weighted by molar-refractivity contribution is 0.139. The molecule has 0 spiro atoms. The van der Waals surface area contributed by atoms with Crippen LogP contribution in [0.3, 0.4) is 0 Å². The molecule has 5 nitrogen and oxygen atoms in total. The second-order valence-corrected chi connectivity index (χ2v) is 3.62. The fraction of sp³-hybridized carbons (Fsp3) is 0.417. The molecule has 1 aliphatic heterocycles. The van der Waals surface area contributed by atoms with Crippen molar-refractivity contribution in [2.24, 2.45) is 4.99 Å². The fourth-order valence-electron chi connectivity index (χ4n) is 1.72. The van der Waals surface area contributed by atoms with Gasteiger partial charge >= 0.3 is 0 Å². The normalized spacial score (nSPS) is 18.5. The molecular formula is C12H13NO4. The van der Waals surface area contributed by atoms with Crippen LogP contribution in [-0.2, 0) is 9.53 Å². The average molecular weight is 235 g/mol. The van der Waals surface area contributed by atoms with Crippen molar-refractivity contribution in [3.05, 3.63) is 18.2 Å². The van der Waals surface area contributed by atoms with Crippen molar-refractivity contribution >= 4 is 11.8 Å². The summed E-state index contributed by atoms with van der Waals surface area (Å²) in [5.74, 6) is 1.02. The van der Waals surface area contributed by atoms with Crippen molar-refractivity contribution in [3.63, 3.8) is 0 Å². The van der Waals surface area contributed by atoms with Gasteiger partial charge in [0.2, 0.25) is 6.08 Å². The summed E-state index contributed by atoms with van der Waals surface area (Å²) in [7, 11) is 1.51. The highest BCUT2D eigenvalue weighted by atomic mass is 16.6. The van der Waals surface area contributed by atoms with Gasteiger partial charge in [-0.1, -0.05) is 6.07 Å². The summed E-state index contributed by atoms with van der Waals surface area (Å²) in [5, 5.41) is 0. The summed E-state index contributed by atoms with van der Waals surface area (Å²) in [6, 6.07) is 5.20. The van der Waals surface area contributed by atoms with Crippen LogP contribution in [0.4, 0.5) is 5.69 Å². The first-order valence-electron chi connectivity index (χ1n) is 5.34. The molecule has 2 rings (SSSR count). The second kappa shape index (κ2) is 5.48. The van der Waals surface area contributed by atoms with Crippen LogP contribution in [-0.4, -0.2) is 32.5 Å². The van der Waals surface area contributed by atoms with E-state index in [1.54, 1.807) is 18.2 Å². The van der Waals surface area contributed by atoms with E-state index < -0.39 is 0 Å². The summed E-state index contributed by atoms with van der Waals surface area (Å²) >= 11 is 0. The summed E-state index contributed by atoms with van der Waals surface area (Å²) in [6.07, 6.45) is 2.37. The van der Waals surface area contributed by atoms with Gasteiger partial charge in [0.05, 0.1) is 20.3 Å². The van der Waals surface area contributed by atoms with Gasteiger partial charge in [0.15, 0.2) is 11.5 Å². The maximum atomic E-state index is 10.3. The van der Waals surface area contributed by atoms with E-state index >= 15 is 0 Å². The van der Waals surface area contributed by atoms with E-state index in [4.69, 9.17) is 14.2 Å². The maximum Gasteiger partial charge on any atom is 0.240 e. The van der Waals surface area contributed by atoms with Crippen molar-refractivity contribution in [2.75, 3.05) is 20.3 Å². The number of rotatable bonds is 4. The standard InChI is InChI=1S/C12H13NO4/c1-15-12-10(13-8-14)3-2-4-11(12)17-9-5-6-16-7-9/h2-4,9H,5-7H2,1H3. The molecule has 1 fully saturated rings. The number of para-hydroxylation sites is 1. The van der Waals surface area contributed by atoms with Crippen LogP contribution >= 0.6 is 0 Å². The Morgan fingerprint density at radius 2 is 2.41 bits per heavy atom. The number of benzene rings is 1. The number of hydrogen-bond donors (Lipinski definition) is 0. The molecule has 90 valence electrons. The molecule has 1 aliphatic rings. The average Bonchev–Trinajstić information content (AvgIpc) is 2.83. The lowest BCUT2D eigenvalue weighted by atomic mass is 10.2. The van der Waals surface area contributed by atoms with Gasteiger partial charge in [-0.15, -0.1) is 0 Å². The summed E-state index contributed by atoms with van der Waals surface area (Å²) in [4.78, 5) is 13.9. The maximum absolute atomic E-state index is 10.3. The zero-order valence-electron chi connectivity index (χ0n) is 9.51. The Balaban J connectivity index is 2.25. The highest BCUT2D eigenvalue weighted by Crippen LogP contribution is 2.37. The third kappa shape index (κ3) is 2.64. The Hall–Kier alpha value is -1.84. The van der Waals surface area contributed by atoms with Crippen LogP contribution in [0.1, 0.15) is 6.42 Å². The molecule has 1 aromatic rings. The molecule has 0 saturated carbocycles. The number of methoxy groups -OCH3 is 1. The highest BCUT2D eigenvalue weighted by molar-refractivity contribution is 5.63. The van der Waals surface area contributed by atoms with Crippen molar-refractivity contribution in [3.8, 4) is 11.5 Å². The second-order valence-electron chi connectivity index (χ2n) is 3.62. The van der Waals surface area contributed by atoms with Crippen molar-refractivity contribution in [2.45, 2.75) is 12.5 Å². The largest absolute Gasteiger partial charge is 0.491 e. The minimum absolute atomic E-state index is 0.0272. The predicted molar refractivity (Wildman–Crippen MR) is 60.6 cm³/mol. The topological polar surface area (TPSA) is 57.1 Å². The van der Waals surface area contributed by atoms with Crippen molar-refractivity contribution in [1.82, 2.24) is 0 Å². The fourth-order valence-corrected chi connectivity index (χ4v) is 1.72. The number of carbonyl (C=O) groups excluding carboxylic acids is 1. The van der Waals surface area contributed by atoms with Gasteiger partial charge in [-0.2, -0.15) is 4.99 Å². The Morgan fingerprint density at radius 1 is 1.53 bits per heavy atom. The van der Waals surface area contributed by atoms with Crippen LogP contribution in [0.15, 0.2) is 23.2 Å². The van der Waals surface area contributed by atoms with Gasteiger partial charge in [-0.25, -0.2) is 4.79 Å². The number of aliphatic imine (C=N–C) groups is 1. The van der Waals surface area contributed by atoms with E-state index in [0.29, 0.717) is 30.4 Å². The van der Waals surface area contributed by atoms with Crippen molar-refractivity contribution in [1.29, 1.82) is 0 Å². The molecule has 1 unspecified atom stereocenters. The Morgan fingerprint density at radius 3 is 3.06 bits per heavy atom. The van der Waals surface area contributed by atoms with Gasteiger partial charge in [0.1, 0.15) is 11.8 Å². The Labute approximate surface area is 99.0 Å². The van der Waals surface area contributed by atoms with E-state index in [9.17, 15) is 4.79 Å². The zero-order chi connectivity index (χ0) is 12.1. The number of nitrogens with zero attached hydrogens (tertiary/aromatic N) is 1. The molecule has 1 heterocycles. The van der Waals surface area contributed by atoms with Gasteiger partial charge in [0.25, 0.3) is 0 Å². The SMILES string of the molecule is COc1c(N=C=O)cccc1OC1CCOC1. The molecule has 5 heteroatoms. The number of hydrogen-bond acceptors (Lipinski definition) is 5. The van der Waals surface area contributed by atoms with Gasteiger partial charge in [0, 0.05) is 6.42 Å². The Bertz CT molecular complexity index is 434. The lowest BCUT2D eigenvalue weighted by Crippen LogP contribution is -2.16. The van der Waals surface area contributed by atoms with E-state index in [-0.39, 0.29) is 6.10 Å². The quantitative estimate of drug-likeness (QED) is 0.590. The molecule has 17 heavy (non-hydrogen) atoms. The minimum Gasteiger partial charge on any atom is -0.491 e. The molecule has 0 radical (unpaired) electrons. The minimum atomic E-state index is 0.0272. The van der Waals surface area contributed by atoms with Crippen LogP contribution < -0.4 is 9.47 Å². The first-order valence-corrected chi connectivity index (χ1v) is 5.34. The molecule has 0 amide bonds. The smallest absolute Gasteiger partial charge is 0.240 e. The Kier molecular flexibility index (Phi) is 3.75. The van der Waals surface area contributed by atoms with Gasteiger partial charge in [-0.05, 0) is 12.1 Å². The zero-order valence-corrected chi connectivity index (χ0v) is 9.51. The monoisotopic (exact) mass is 235 g/mol. The molecule has 0 bridgehead atoms. The first-order chi connectivity index (χ1) is 8.35. The molecule has 1 aromatic carbocycles. The van der Waals surface area contributed by atoms with Crippen LogP contribution in [0.25, 0.3) is 0 Å². The third-order valence-electron chi connectivity index (χ3n) is 2.51. The molecule has 1 atom stereocenters. The van der Waals surface area contributed by atoms with Crippen LogP contribution in [0, 0.1) is 0 Å². The highest BCUT2D eigenvalue weighted by Gasteiger charge is 2.20. The van der Waals surface area contributed by atoms with Crippen LogP contribution in [0.5, 0.6) is 11.5 Å². The molecule has 0 aliphatic carbocycles. The first kappa shape index (κ1) is 11.6.